The number of nitrogens with zero attached hydrogens (tertiary/aromatic N) is 3. The maximum atomic E-state index is 12.6. The molecular formula is C21H24N4O4. The number of amides is 3. The van der Waals surface area contributed by atoms with E-state index in [2.05, 4.69) is 11.4 Å². The van der Waals surface area contributed by atoms with E-state index in [4.69, 9.17) is 0 Å². The minimum atomic E-state index is -0.492. The van der Waals surface area contributed by atoms with Crippen LogP contribution in [0.5, 0.6) is 0 Å². The third-order valence-electron chi connectivity index (χ3n) is 5.08. The van der Waals surface area contributed by atoms with Crippen LogP contribution in [0.3, 0.4) is 0 Å². The summed E-state index contributed by atoms with van der Waals surface area (Å²) in [7, 11) is 0. The van der Waals surface area contributed by atoms with Crippen LogP contribution in [0.4, 0.5) is 16.2 Å². The van der Waals surface area contributed by atoms with Gasteiger partial charge in [-0.1, -0.05) is 24.3 Å². The molecule has 152 valence electrons. The molecule has 0 radical (unpaired) electrons. The summed E-state index contributed by atoms with van der Waals surface area (Å²) in [4.78, 5) is 38.7. The van der Waals surface area contributed by atoms with E-state index in [1.165, 1.54) is 35.4 Å². The van der Waals surface area contributed by atoms with E-state index in [9.17, 15) is 19.7 Å². The number of nitrogens with one attached hydrogen (secondary N) is 1. The number of hydrogen-bond donors (Lipinski definition) is 1. The van der Waals surface area contributed by atoms with Crippen LogP contribution in [0.25, 0.3) is 0 Å². The summed E-state index contributed by atoms with van der Waals surface area (Å²) in [6.07, 6.45) is 1.10. The van der Waals surface area contributed by atoms with E-state index in [0.717, 1.165) is 6.42 Å². The third-order valence-corrected chi connectivity index (χ3v) is 5.08. The first-order valence-corrected chi connectivity index (χ1v) is 9.63. The number of nitro benzene ring substituents is 1. The molecule has 8 nitrogen and oxygen atoms in total. The summed E-state index contributed by atoms with van der Waals surface area (Å²) < 4.78 is 0. The Balaban J connectivity index is 1.52. The standard InChI is InChI=1S/C21H24N4O4/c1-2-23(21(27)22-18-7-9-19(10-8-18)25(28)29)14-12-20(26)24-13-11-16-5-3-4-6-17(16)15-24/h3-10H,2,11-15H2,1H3,(H,22,27). The van der Waals surface area contributed by atoms with Gasteiger partial charge in [0, 0.05) is 50.4 Å². The maximum absolute atomic E-state index is 12.6. The van der Waals surface area contributed by atoms with Crippen LogP contribution < -0.4 is 5.32 Å². The van der Waals surface area contributed by atoms with Crippen molar-refractivity contribution in [1.29, 1.82) is 0 Å². The van der Waals surface area contributed by atoms with Gasteiger partial charge in [-0.05, 0) is 36.6 Å². The van der Waals surface area contributed by atoms with Crippen LogP contribution in [0.1, 0.15) is 24.5 Å². The molecule has 29 heavy (non-hydrogen) atoms. The predicted octanol–water partition coefficient (Wildman–Crippen LogP) is 3.42. The maximum Gasteiger partial charge on any atom is 0.321 e. The van der Waals surface area contributed by atoms with Crippen molar-refractivity contribution in [3.63, 3.8) is 0 Å². The molecule has 0 aromatic heterocycles. The second-order valence-electron chi connectivity index (χ2n) is 6.90. The first-order valence-electron chi connectivity index (χ1n) is 9.63. The topological polar surface area (TPSA) is 95.8 Å². The molecule has 0 aliphatic carbocycles. The summed E-state index contributed by atoms with van der Waals surface area (Å²) in [5, 5.41) is 13.4. The van der Waals surface area contributed by atoms with Gasteiger partial charge in [0.1, 0.15) is 0 Å². The van der Waals surface area contributed by atoms with Crippen molar-refractivity contribution in [3.05, 3.63) is 69.8 Å². The second-order valence-corrected chi connectivity index (χ2v) is 6.90. The lowest BCUT2D eigenvalue weighted by Crippen LogP contribution is -2.40. The molecule has 3 rings (SSSR count). The highest BCUT2D eigenvalue weighted by Crippen LogP contribution is 2.19. The number of nitro groups is 1. The molecule has 0 unspecified atom stereocenters. The average Bonchev–Trinajstić information content (AvgIpc) is 2.74. The zero-order chi connectivity index (χ0) is 20.8. The van der Waals surface area contributed by atoms with Crippen LogP contribution in [0.2, 0.25) is 0 Å². The van der Waals surface area contributed by atoms with Gasteiger partial charge in [0.15, 0.2) is 0 Å². The van der Waals surface area contributed by atoms with Crippen molar-refractivity contribution in [2.75, 3.05) is 25.0 Å². The second kappa shape index (κ2) is 9.18. The number of fused-ring (bicyclic) bond motifs is 1. The quantitative estimate of drug-likeness (QED) is 0.598. The highest BCUT2D eigenvalue weighted by atomic mass is 16.6. The smallest absolute Gasteiger partial charge is 0.321 e. The predicted molar refractivity (Wildman–Crippen MR) is 110 cm³/mol. The van der Waals surface area contributed by atoms with Crippen molar-refractivity contribution in [1.82, 2.24) is 9.80 Å². The largest absolute Gasteiger partial charge is 0.338 e. The van der Waals surface area contributed by atoms with Crippen LogP contribution in [-0.4, -0.2) is 46.3 Å². The van der Waals surface area contributed by atoms with Crippen LogP contribution in [0.15, 0.2) is 48.5 Å². The Labute approximate surface area is 169 Å². The van der Waals surface area contributed by atoms with Crippen LogP contribution in [0, 0.1) is 10.1 Å². The van der Waals surface area contributed by atoms with Crippen molar-refractivity contribution >= 4 is 23.3 Å². The zero-order valence-electron chi connectivity index (χ0n) is 16.3. The van der Waals surface area contributed by atoms with E-state index in [0.29, 0.717) is 31.9 Å². The minimum Gasteiger partial charge on any atom is -0.338 e. The van der Waals surface area contributed by atoms with Gasteiger partial charge < -0.3 is 15.1 Å². The molecule has 0 saturated heterocycles. The summed E-state index contributed by atoms with van der Waals surface area (Å²) in [5.74, 6) is 0.0288. The van der Waals surface area contributed by atoms with E-state index in [1.807, 2.05) is 30.0 Å². The van der Waals surface area contributed by atoms with Crippen molar-refractivity contribution in [3.8, 4) is 0 Å². The summed E-state index contributed by atoms with van der Waals surface area (Å²) >= 11 is 0. The molecule has 8 heteroatoms. The normalized spacial score (nSPS) is 12.8. The molecular weight excluding hydrogens is 372 g/mol. The number of benzene rings is 2. The van der Waals surface area contributed by atoms with Crippen molar-refractivity contribution < 1.29 is 14.5 Å². The summed E-state index contributed by atoms with van der Waals surface area (Å²) in [6, 6.07) is 13.4. The molecule has 2 aromatic carbocycles. The molecule has 0 atom stereocenters. The fourth-order valence-electron chi connectivity index (χ4n) is 3.37. The van der Waals surface area contributed by atoms with Gasteiger partial charge in [-0.15, -0.1) is 0 Å². The Morgan fingerprint density at radius 1 is 1.14 bits per heavy atom. The lowest BCUT2D eigenvalue weighted by molar-refractivity contribution is -0.384. The van der Waals surface area contributed by atoms with Crippen molar-refractivity contribution in [2.24, 2.45) is 0 Å². The number of non-ortho nitro benzene ring substituents is 1. The number of rotatable bonds is 6. The van der Waals surface area contributed by atoms with Gasteiger partial charge in [0.05, 0.1) is 4.92 Å². The highest BCUT2D eigenvalue weighted by Gasteiger charge is 2.21. The van der Waals surface area contributed by atoms with Gasteiger partial charge in [-0.3, -0.25) is 14.9 Å². The Morgan fingerprint density at radius 3 is 2.48 bits per heavy atom. The van der Waals surface area contributed by atoms with Gasteiger partial charge >= 0.3 is 6.03 Å². The number of anilines is 1. The average molecular weight is 396 g/mol. The monoisotopic (exact) mass is 396 g/mol. The molecule has 0 saturated carbocycles. The Hall–Kier alpha value is -3.42. The lowest BCUT2D eigenvalue weighted by atomic mass is 10.00. The number of carbonyl (C=O) groups excluding carboxylic acids is 2. The Bertz CT molecular complexity index is 898. The zero-order valence-corrected chi connectivity index (χ0v) is 16.3. The van der Waals surface area contributed by atoms with E-state index in [1.54, 1.807) is 4.90 Å². The van der Waals surface area contributed by atoms with Gasteiger partial charge in [0.2, 0.25) is 5.91 Å². The Morgan fingerprint density at radius 2 is 1.83 bits per heavy atom. The molecule has 2 aromatic rings. The van der Waals surface area contributed by atoms with Crippen LogP contribution in [-0.2, 0) is 17.8 Å². The molecule has 1 aliphatic heterocycles. The third kappa shape index (κ3) is 5.10. The molecule has 0 bridgehead atoms. The number of carbonyl (C=O) groups is 2. The molecule has 1 aliphatic rings. The Kier molecular flexibility index (Phi) is 6.43. The summed E-state index contributed by atoms with van der Waals surface area (Å²) in [5.41, 5.74) is 2.90. The van der Waals surface area contributed by atoms with E-state index in [-0.39, 0.29) is 24.0 Å². The number of urea groups is 1. The van der Waals surface area contributed by atoms with Gasteiger partial charge in [0.25, 0.3) is 5.69 Å². The lowest BCUT2D eigenvalue weighted by Gasteiger charge is -2.30. The fourth-order valence-corrected chi connectivity index (χ4v) is 3.37. The fraction of sp³-hybridized carbons (Fsp3) is 0.333. The van der Waals surface area contributed by atoms with Crippen LogP contribution >= 0.6 is 0 Å². The first-order chi connectivity index (χ1) is 14.0. The van der Waals surface area contributed by atoms with E-state index < -0.39 is 4.92 Å². The molecule has 3 amide bonds. The van der Waals surface area contributed by atoms with Gasteiger partial charge in [-0.25, -0.2) is 4.79 Å². The summed E-state index contributed by atoms with van der Waals surface area (Å²) in [6.45, 7) is 3.91. The molecule has 1 heterocycles. The van der Waals surface area contributed by atoms with Crippen molar-refractivity contribution in [2.45, 2.75) is 26.3 Å². The molecule has 0 fully saturated rings. The highest BCUT2D eigenvalue weighted by molar-refractivity contribution is 5.89. The molecule has 1 N–H and O–H groups in total. The van der Waals surface area contributed by atoms with Gasteiger partial charge in [-0.2, -0.15) is 0 Å². The molecule has 0 spiro atoms. The SMILES string of the molecule is CCN(CCC(=O)N1CCc2ccccc2C1)C(=O)Nc1ccc([N+](=O)[O-])cc1. The minimum absolute atomic E-state index is 0.0288. The van der Waals surface area contributed by atoms with E-state index >= 15 is 0 Å². The first kappa shape index (κ1) is 20.3. The number of hydrogen-bond acceptors (Lipinski definition) is 4.